The smallest absolute Gasteiger partial charge is 0.0692 e. The minimum atomic E-state index is -0.166. The van der Waals surface area contributed by atoms with Crippen LogP contribution in [0.5, 0.6) is 0 Å². The molecule has 1 saturated carbocycles. The average Bonchev–Trinajstić information content (AvgIpc) is 2.95. The van der Waals surface area contributed by atoms with Gasteiger partial charge >= 0.3 is 0 Å². The SMILES string of the molecule is Cc1ccsc1C(C)NCC(O)C1CCCC1. The van der Waals surface area contributed by atoms with Crippen LogP contribution in [0.2, 0.25) is 0 Å². The molecule has 0 bridgehead atoms. The first-order chi connectivity index (χ1) is 8.18. The summed E-state index contributed by atoms with van der Waals surface area (Å²) in [5, 5.41) is 15.7. The van der Waals surface area contributed by atoms with Crippen molar-refractivity contribution in [1.29, 1.82) is 0 Å². The Morgan fingerprint density at radius 2 is 2.18 bits per heavy atom. The summed E-state index contributed by atoms with van der Waals surface area (Å²) in [7, 11) is 0. The van der Waals surface area contributed by atoms with Gasteiger partial charge in [-0.15, -0.1) is 11.3 Å². The number of thiophene rings is 1. The van der Waals surface area contributed by atoms with Gasteiger partial charge in [0.2, 0.25) is 0 Å². The van der Waals surface area contributed by atoms with Crippen molar-refractivity contribution >= 4 is 11.3 Å². The second kappa shape index (κ2) is 5.98. The lowest BCUT2D eigenvalue weighted by Crippen LogP contribution is -2.33. The molecule has 2 rings (SSSR count). The molecule has 1 aromatic rings. The molecule has 2 atom stereocenters. The van der Waals surface area contributed by atoms with Crippen molar-refractivity contribution in [3.63, 3.8) is 0 Å². The van der Waals surface area contributed by atoms with Gasteiger partial charge in [-0.1, -0.05) is 12.8 Å². The normalized spacial score (nSPS) is 20.6. The zero-order chi connectivity index (χ0) is 12.3. The van der Waals surface area contributed by atoms with Crippen molar-refractivity contribution in [2.75, 3.05) is 6.54 Å². The first kappa shape index (κ1) is 13.1. The van der Waals surface area contributed by atoms with Crippen molar-refractivity contribution in [2.24, 2.45) is 5.92 Å². The molecule has 0 aromatic carbocycles. The van der Waals surface area contributed by atoms with Gasteiger partial charge in [-0.05, 0) is 49.6 Å². The zero-order valence-electron chi connectivity index (χ0n) is 10.8. The van der Waals surface area contributed by atoms with E-state index in [2.05, 4.69) is 30.6 Å². The van der Waals surface area contributed by atoms with Crippen molar-refractivity contribution in [1.82, 2.24) is 5.32 Å². The molecule has 17 heavy (non-hydrogen) atoms. The van der Waals surface area contributed by atoms with Gasteiger partial charge in [-0.3, -0.25) is 0 Å². The molecule has 1 fully saturated rings. The largest absolute Gasteiger partial charge is 0.392 e. The van der Waals surface area contributed by atoms with E-state index in [-0.39, 0.29) is 6.10 Å². The standard InChI is InChI=1S/C14H23NOS/c1-10-7-8-17-14(10)11(2)15-9-13(16)12-5-3-4-6-12/h7-8,11-13,15-16H,3-6,9H2,1-2H3. The molecule has 0 spiro atoms. The molecule has 0 radical (unpaired) electrons. The summed E-state index contributed by atoms with van der Waals surface area (Å²) >= 11 is 1.80. The van der Waals surface area contributed by atoms with Gasteiger partial charge < -0.3 is 10.4 Å². The second-order valence-electron chi connectivity index (χ2n) is 5.21. The lowest BCUT2D eigenvalue weighted by atomic mass is 10.0. The highest BCUT2D eigenvalue weighted by Gasteiger charge is 2.23. The maximum absolute atomic E-state index is 10.1. The Morgan fingerprint density at radius 3 is 2.76 bits per heavy atom. The van der Waals surface area contributed by atoms with Crippen molar-refractivity contribution in [3.8, 4) is 0 Å². The van der Waals surface area contributed by atoms with E-state index in [1.165, 1.54) is 36.1 Å². The van der Waals surface area contributed by atoms with Crippen molar-refractivity contribution < 1.29 is 5.11 Å². The molecule has 96 valence electrons. The van der Waals surface area contributed by atoms with Gasteiger partial charge in [-0.2, -0.15) is 0 Å². The second-order valence-corrected chi connectivity index (χ2v) is 6.16. The molecule has 1 aliphatic rings. The topological polar surface area (TPSA) is 32.3 Å². The molecular weight excluding hydrogens is 230 g/mol. The highest BCUT2D eigenvalue weighted by Crippen LogP contribution is 2.28. The van der Waals surface area contributed by atoms with Crippen LogP contribution >= 0.6 is 11.3 Å². The van der Waals surface area contributed by atoms with Crippen LogP contribution in [-0.4, -0.2) is 17.8 Å². The van der Waals surface area contributed by atoms with E-state index in [0.29, 0.717) is 12.0 Å². The van der Waals surface area contributed by atoms with Crippen LogP contribution in [0.15, 0.2) is 11.4 Å². The van der Waals surface area contributed by atoms with E-state index in [9.17, 15) is 5.11 Å². The fourth-order valence-corrected chi connectivity index (χ4v) is 3.69. The van der Waals surface area contributed by atoms with Crippen LogP contribution in [0.3, 0.4) is 0 Å². The van der Waals surface area contributed by atoms with Crippen LogP contribution in [0, 0.1) is 12.8 Å². The van der Waals surface area contributed by atoms with Crippen LogP contribution in [0.25, 0.3) is 0 Å². The minimum absolute atomic E-state index is 0.166. The maximum Gasteiger partial charge on any atom is 0.0692 e. The number of hydrogen-bond donors (Lipinski definition) is 2. The Hall–Kier alpha value is -0.380. The molecule has 2 nitrogen and oxygen atoms in total. The fraction of sp³-hybridized carbons (Fsp3) is 0.714. The lowest BCUT2D eigenvalue weighted by Gasteiger charge is -2.21. The Bertz CT molecular complexity index is 344. The summed E-state index contributed by atoms with van der Waals surface area (Å²) in [5.74, 6) is 0.527. The third-order valence-electron chi connectivity index (χ3n) is 3.87. The highest BCUT2D eigenvalue weighted by atomic mass is 32.1. The van der Waals surface area contributed by atoms with Crippen LogP contribution in [0.1, 0.15) is 49.1 Å². The molecule has 3 heteroatoms. The Labute approximate surface area is 108 Å². The van der Waals surface area contributed by atoms with Gasteiger partial charge in [0.15, 0.2) is 0 Å². The van der Waals surface area contributed by atoms with Gasteiger partial charge in [0.05, 0.1) is 6.10 Å². The quantitative estimate of drug-likeness (QED) is 0.844. The van der Waals surface area contributed by atoms with Crippen LogP contribution < -0.4 is 5.32 Å². The van der Waals surface area contributed by atoms with E-state index in [4.69, 9.17) is 0 Å². The predicted octanol–water partition coefficient (Wildman–Crippen LogP) is 3.26. The molecule has 1 aliphatic carbocycles. The van der Waals surface area contributed by atoms with E-state index in [1.54, 1.807) is 11.3 Å². The molecule has 2 unspecified atom stereocenters. The molecule has 1 heterocycles. The van der Waals surface area contributed by atoms with E-state index in [1.807, 2.05) is 0 Å². The molecular formula is C14H23NOS. The molecule has 0 amide bonds. The van der Waals surface area contributed by atoms with Crippen molar-refractivity contribution in [2.45, 2.75) is 51.7 Å². The summed E-state index contributed by atoms with van der Waals surface area (Å²) < 4.78 is 0. The first-order valence-electron chi connectivity index (χ1n) is 6.64. The highest BCUT2D eigenvalue weighted by molar-refractivity contribution is 7.10. The summed E-state index contributed by atoms with van der Waals surface area (Å²) in [4.78, 5) is 1.39. The third kappa shape index (κ3) is 3.30. The van der Waals surface area contributed by atoms with Crippen LogP contribution in [0.4, 0.5) is 0 Å². The fourth-order valence-electron chi connectivity index (χ4n) is 2.73. The van der Waals surface area contributed by atoms with Gasteiger partial charge in [0.25, 0.3) is 0 Å². The maximum atomic E-state index is 10.1. The zero-order valence-corrected chi connectivity index (χ0v) is 11.6. The molecule has 0 saturated heterocycles. The number of nitrogens with one attached hydrogen (secondary N) is 1. The first-order valence-corrected chi connectivity index (χ1v) is 7.52. The van der Waals surface area contributed by atoms with Crippen molar-refractivity contribution in [3.05, 3.63) is 21.9 Å². The Balaban J connectivity index is 1.79. The van der Waals surface area contributed by atoms with Crippen LogP contribution in [-0.2, 0) is 0 Å². The summed E-state index contributed by atoms with van der Waals surface area (Å²) in [5.41, 5.74) is 1.35. The summed E-state index contributed by atoms with van der Waals surface area (Å²) in [6.07, 6.45) is 4.83. The third-order valence-corrected chi connectivity index (χ3v) is 5.07. The minimum Gasteiger partial charge on any atom is -0.392 e. The van der Waals surface area contributed by atoms with E-state index in [0.717, 1.165) is 6.54 Å². The molecule has 2 N–H and O–H groups in total. The molecule has 0 aliphatic heterocycles. The number of aryl methyl sites for hydroxylation is 1. The molecule has 1 aromatic heterocycles. The number of hydrogen-bond acceptors (Lipinski definition) is 3. The van der Waals surface area contributed by atoms with Gasteiger partial charge in [0.1, 0.15) is 0 Å². The number of aliphatic hydroxyl groups excluding tert-OH is 1. The van der Waals surface area contributed by atoms with E-state index >= 15 is 0 Å². The Morgan fingerprint density at radius 1 is 1.47 bits per heavy atom. The monoisotopic (exact) mass is 253 g/mol. The number of rotatable bonds is 5. The van der Waals surface area contributed by atoms with Gasteiger partial charge in [-0.25, -0.2) is 0 Å². The van der Waals surface area contributed by atoms with Gasteiger partial charge in [0, 0.05) is 17.5 Å². The van der Waals surface area contributed by atoms with E-state index < -0.39 is 0 Å². The summed E-state index contributed by atoms with van der Waals surface area (Å²) in [6.45, 7) is 5.06. The summed E-state index contributed by atoms with van der Waals surface area (Å²) in [6, 6.07) is 2.51. The lowest BCUT2D eigenvalue weighted by molar-refractivity contribution is 0.107. The predicted molar refractivity (Wildman–Crippen MR) is 73.4 cm³/mol. The Kier molecular flexibility index (Phi) is 4.60. The number of aliphatic hydroxyl groups is 1. The average molecular weight is 253 g/mol.